The maximum Gasteiger partial charge on any atom is 0.321 e. The molecule has 1 saturated carbocycles. The number of urea groups is 1. The van der Waals surface area contributed by atoms with Gasteiger partial charge in [-0.2, -0.15) is 0 Å². The second kappa shape index (κ2) is 7.97. The highest BCUT2D eigenvalue weighted by Gasteiger charge is 2.22. The average molecular weight is 343 g/mol. The minimum atomic E-state index is -0.923. The second-order valence-corrected chi connectivity index (χ2v) is 7.71. The average Bonchev–Trinajstić information content (AvgIpc) is 2.50. The first-order valence-electron chi connectivity index (χ1n) is 7.59. The van der Waals surface area contributed by atoms with Crippen LogP contribution in [0.25, 0.3) is 0 Å². The van der Waals surface area contributed by atoms with E-state index in [9.17, 15) is 9.00 Å². The summed E-state index contributed by atoms with van der Waals surface area (Å²) < 4.78 is 11.3. The van der Waals surface area contributed by atoms with Crippen LogP contribution in [0.2, 0.25) is 5.02 Å². The SMILES string of the molecule is CN(C(=O)Nc1cc(C[S@](C)=O)ccc1Cl)C1CCCCC1. The number of anilines is 1. The number of carbonyl (C=O) groups excluding carboxylic acids is 1. The molecule has 2 amide bonds. The van der Waals surface area contributed by atoms with Crippen molar-refractivity contribution in [1.29, 1.82) is 0 Å². The zero-order chi connectivity index (χ0) is 16.1. The summed E-state index contributed by atoms with van der Waals surface area (Å²) >= 11 is 6.16. The normalized spacial score (nSPS) is 17.0. The number of halogens is 1. The van der Waals surface area contributed by atoms with Gasteiger partial charge in [-0.05, 0) is 30.5 Å². The highest BCUT2D eigenvalue weighted by molar-refractivity contribution is 7.83. The zero-order valence-corrected chi connectivity index (χ0v) is 14.7. The van der Waals surface area contributed by atoms with Crippen molar-refractivity contribution < 1.29 is 9.00 Å². The van der Waals surface area contributed by atoms with E-state index in [0.29, 0.717) is 22.5 Å². The maximum atomic E-state index is 12.4. The van der Waals surface area contributed by atoms with Crippen LogP contribution in [-0.4, -0.2) is 34.5 Å². The molecular weight excluding hydrogens is 320 g/mol. The first-order chi connectivity index (χ1) is 10.5. The number of hydrogen-bond acceptors (Lipinski definition) is 2. The lowest BCUT2D eigenvalue weighted by Crippen LogP contribution is -2.40. The van der Waals surface area contributed by atoms with Crippen molar-refractivity contribution in [2.75, 3.05) is 18.6 Å². The lowest BCUT2D eigenvalue weighted by Gasteiger charge is -2.31. The summed E-state index contributed by atoms with van der Waals surface area (Å²) in [6, 6.07) is 5.54. The van der Waals surface area contributed by atoms with Gasteiger partial charge in [-0.25, -0.2) is 4.79 Å². The van der Waals surface area contributed by atoms with Crippen LogP contribution in [0.3, 0.4) is 0 Å². The van der Waals surface area contributed by atoms with Crippen molar-refractivity contribution in [2.45, 2.75) is 43.9 Å². The molecule has 1 aromatic carbocycles. The Morgan fingerprint density at radius 3 is 2.68 bits per heavy atom. The number of nitrogens with zero attached hydrogens (tertiary/aromatic N) is 1. The van der Waals surface area contributed by atoms with E-state index in [1.54, 1.807) is 23.3 Å². The molecule has 1 aliphatic rings. The molecule has 0 unspecified atom stereocenters. The van der Waals surface area contributed by atoms with Crippen molar-refractivity contribution in [1.82, 2.24) is 4.90 Å². The largest absolute Gasteiger partial charge is 0.325 e. The van der Waals surface area contributed by atoms with E-state index in [1.807, 2.05) is 13.1 Å². The maximum absolute atomic E-state index is 12.4. The third kappa shape index (κ3) is 4.71. The van der Waals surface area contributed by atoms with Gasteiger partial charge in [0.2, 0.25) is 0 Å². The van der Waals surface area contributed by atoms with Crippen molar-refractivity contribution in [2.24, 2.45) is 0 Å². The predicted octanol–water partition coefficient (Wildman–Crippen LogP) is 4.01. The van der Waals surface area contributed by atoms with Gasteiger partial charge in [-0.15, -0.1) is 0 Å². The van der Waals surface area contributed by atoms with Gasteiger partial charge in [-0.3, -0.25) is 4.21 Å². The molecular formula is C16H23ClN2O2S. The summed E-state index contributed by atoms with van der Waals surface area (Å²) in [6.07, 6.45) is 7.40. The van der Waals surface area contributed by atoms with Crippen molar-refractivity contribution in [3.63, 3.8) is 0 Å². The summed E-state index contributed by atoms with van der Waals surface area (Å²) in [5.74, 6) is 0.457. The van der Waals surface area contributed by atoms with E-state index >= 15 is 0 Å². The molecule has 122 valence electrons. The van der Waals surface area contributed by atoms with Gasteiger partial charge >= 0.3 is 6.03 Å². The van der Waals surface area contributed by atoms with E-state index in [0.717, 1.165) is 18.4 Å². The van der Waals surface area contributed by atoms with Gasteiger partial charge in [0.25, 0.3) is 0 Å². The van der Waals surface area contributed by atoms with Crippen LogP contribution in [0.15, 0.2) is 18.2 Å². The third-order valence-corrected chi connectivity index (χ3v) is 5.15. The van der Waals surface area contributed by atoms with Gasteiger partial charge < -0.3 is 10.2 Å². The highest BCUT2D eigenvalue weighted by atomic mass is 35.5. The molecule has 0 spiro atoms. The Morgan fingerprint density at radius 2 is 2.05 bits per heavy atom. The second-order valence-electron chi connectivity index (χ2n) is 5.86. The summed E-state index contributed by atoms with van der Waals surface area (Å²) in [4.78, 5) is 14.2. The first kappa shape index (κ1) is 17.3. The molecule has 1 aromatic rings. The Hall–Kier alpha value is -1.07. The van der Waals surface area contributed by atoms with Crippen LogP contribution < -0.4 is 5.32 Å². The fourth-order valence-corrected chi connectivity index (χ4v) is 3.64. The molecule has 0 bridgehead atoms. The molecule has 1 N–H and O–H groups in total. The molecule has 1 atom stereocenters. The van der Waals surface area contributed by atoms with E-state index in [1.165, 1.54) is 19.3 Å². The molecule has 6 heteroatoms. The van der Waals surface area contributed by atoms with Crippen LogP contribution in [0.4, 0.5) is 10.5 Å². The van der Waals surface area contributed by atoms with Crippen LogP contribution in [0.5, 0.6) is 0 Å². The van der Waals surface area contributed by atoms with Crippen molar-refractivity contribution in [3.8, 4) is 0 Å². The van der Waals surface area contributed by atoms with Gasteiger partial charge in [-0.1, -0.05) is 36.9 Å². The fraction of sp³-hybridized carbons (Fsp3) is 0.562. The lowest BCUT2D eigenvalue weighted by atomic mass is 9.95. The highest BCUT2D eigenvalue weighted by Crippen LogP contribution is 2.26. The topological polar surface area (TPSA) is 49.4 Å². The lowest BCUT2D eigenvalue weighted by molar-refractivity contribution is 0.186. The van der Waals surface area contributed by atoms with Crippen molar-refractivity contribution in [3.05, 3.63) is 28.8 Å². The number of rotatable bonds is 4. The van der Waals surface area contributed by atoms with Crippen LogP contribution in [-0.2, 0) is 16.6 Å². The fourth-order valence-electron chi connectivity index (χ4n) is 2.83. The molecule has 1 fully saturated rings. The Bertz CT molecular complexity index is 559. The molecule has 1 aliphatic carbocycles. The molecule has 0 aliphatic heterocycles. The van der Waals surface area contributed by atoms with Crippen molar-refractivity contribution >= 4 is 34.1 Å². The summed E-state index contributed by atoms with van der Waals surface area (Å²) in [5.41, 5.74) is 1.48. The van der Waals surface area contributed by atoms with Gasteiger partial charge in [0.1, 0.15) is 0 Å². The third-order valence-electron chi connectivity index (χ3n) is 4.09. The Balaban J connectivity index is 2.05. The van der Waals surface area contributed by atoms with Gasteiger partial charge in [0.15, 0.2) is 0 Å². The zero-order valence-electron chi connectivity index (χ0n) is 13.1. The van der Waals surface area contributed by atoms with E-state index in [2.05, 4.69) is 5.32 Å². The van der Waals surface area contributed by atoms with Gasteiger partial charge in [0.05, 0.1) is 10.7 Å². The molecule has 0 aromatic heterocycles. The van der Waals surface area contributed by atoms with Crippen LogP contribution in [0, 0.1) is 0 Å². The Morgan fingerprint density at radius 1 is 1.36 bits per heavy atom. The Kier molecular flexibility index (Phi) is 6.26. The molecule has 0 radical (unpaired) electrons. The smallest absolute Gasteiger partial charge is 0.321 e. The number of carbonyl (C=O) groups is 1. The summed E-state index contributed by atoms with van der Waals surface area (Å²) in [6.45, 7) is 0. The standard InChI is InChI=1S/C16H23ClN2O2S/c1-19(13-6-4-3-5-7-13)16(20)18-15-10-12(11-22(2)21)8-9-14(15)17/h8-10,13H,3-7,11H2,1-2H3,(H,18,20)/t22-/m0/s1. The van der Waals surface area contributed by atoms with Gasteiger partial charge in [0, 0.05) is 35.9 Å². The number of hydrogen-bond donors (Lipinski definition) is 1. The van der Waals surface area contributed by atoms with E-state index in [4.69, 9.17) is 11.6 Å². The van der Waals surface area contributed by atoms with Crippen LogP contribution in [0.1, 0.15) is 37.7 Å². The molecule has 22 heavy (non-hydrogen) atoms. The summed E-state index contributed by atoms with van der Waals surface area (Å²) in [7, 11) is 0.915. The minimum Gasteiger partial charge on any atom is -0.325 e. The first-order valence-corrected chi connectivity index (χ1v) is 9.70. The molecule has 0 saturated heterocycles. The number of amides is 2. The van der Waals surface area contributed by atoms with E-state index in [-0.39, 0.29) is 6.03 Å². The van der Waals surface area contributed by atoms with Crippen LogP contribution >= 0.6 is 11.6 Å². The molecule has 2 rings (SSSR count). The van der Waals surface area contributed by atoms with E-state index < -0.39 is 10.8 Å². The monoisotopic (exact) mass is 342 g/mol. The minimum absolute atomic E-state index is 0.136. The summed E-state index contributed by atoms with van der Waals surface area (Å²) in [5, 5.41) is 3.37. The predicted molar refractivity (Wildman–Crippen MR) is 92.9 cm³/mol. The number of benzene rings is 1. The quantitative estimate of drug-likeness (QED) is 0.898. The number of nitrogens with one attached hydrogen (secondary N) is 1. The molecule has 4 nitrogen and oxygen atoms in total. The Labute approximate surface area is 139 Å². The molecule has 0 heterocycles.